The molecule has 7 heteroatoms. The maximum Gasteiger partial charge on any atom is 0.257 e. The van der Waals surface area contributed by atoms with E-state index in [0.29, 0.717) is 22.8 Å². The highest BCUT2D eigenvalue weighted by atomic mass is 32.1. The molecule has 1 aliphatic heterocycles. The van der Waals surface area contributed by atoms with E-state index in [1.54, 1.807) is 18.2 Å². The van der Waals surface area contributed by atoms with E-state index in [1.165, 1.54) is 16.9 Å². The number of rotatable bonds is 3. The Morgan fingerprint density at radius 1 is 1.12 bits per heavy atom. The Kier molecular flexibility index (Phi) is 4.00. The number of carbonyl (C=O) groups is 2. The molecule has 2 heterocycles. The maximum atomic E-state index is 12.5. The molecular weight excluding hydrogens is 348 g/mol. The summed E-state index contributed by atoms with van der Waals surface area (Å²) >= 11 is 1.32. The first-order valence-corrected chi connectivity index (χ1v) is 8.96. The van der Waals surface area contributed by atoms with Crippen LogP contribution < -0.4 is 10.6 Å². The van der Waals surface area contributed by atoms with E-state index < -0.39 is 0 Å². The first kappa shape index (κ1) is 16.4. The Morgan fingerprint density at radius 2 is 1.96 bits per heavy atom. The number of nitrogens with zero attached hydrogens (tertiary/aromatic N) is 2. The Bertz CT molecular complexity index is 1040. The van der Waals surface area contributed by atoms with Crippen molar-refractivity contribution in [1.29, 1.82) is 0 Å². The Balaban J connectivity index is 1.55. The van der Waals surface area contributed by atoms with Crippen molar-refractivity contribution in [1.82, 2.24) is 15.5 Å². The van der Waals surface area contributed by atoms with Gasteiger partial charge in [-0.15, -0.1) is 10.2 Å². The number of hydrogen-bond acceptors (Lipinski definition) is 5. The normalized spacial score (nSPS) is 12.6. The lowest BCUT2D eigenvalue weighted by atomic mass is 10.1. The third-order valence-electron chi connectivity index (χ3n) is 4.31. The smallest absolute Gasteiger partial charge is 0.257 e. The van der Waals surface area contributed by atoms with Crippen LogP contribution in [-0.2, 0) is 6.54 Å². The fourth-order valence-corrected chi connectivity index (χ4v) is 3.79. The van der Waals surface area contributed by atoms with Crippen LogP contribution in [-0.4, -0.2) is 22.0 Å². The van der Waals surface area contributed by atoms with Crippen LogP contribution in [0.15, 0.2) is 36.4 Å². The standard InChI is InChI=1S/C19H16N4O2S/c1-10-3-6-14(11(2)7-10)18-22-23-19(26-18)21-16(24)12-4-5-13-9-20-17(25)15(13)8-12/h3-8H,9H2,1-2H3,(H,20,25)(H,21,23,24). The highest BCUT2D eigenvalue weighted by Gasteiger charge is 2.21. The van der Waals surface area contributed by atoms with E-state index in [1.807, 2.05) is 26.0 Å². The van der Waals surface area contributed by atoms with Crippen LogP contribution in [0.4, 0.5) is 5.13 Å². The van der Waals surface area contributed by atoms with Crippen LogP contribution in [0.1, 0.15) is 37.4 Å². The Hall–Kier alpha value is -3.06. The zero-order valence-electron chi connectivity index (χ0n) is 14.3. The van der Waals surface area contributed by atoms with Crippen LogP contribution in [0.2, 0.25) is 0 Å². The van der Waals surface area contributed by atoms with E-state index in [2.05, 4.69) is 26.9 Å². The minimum atomic E-state index is -0.309. The lowest BCUT2D eigenvalue weighted by Crippen LogP contribution is -2.14. The van der Waals surface area contributed by atoms with Gasteiger partial charge in [0.2, 0.25) is 5.13 Å². The van der Waals surface area contributed by atoms with Crippen molar-refractivity contribution in [3.8, 4) is 10.6 Å². The van der Waals surface area contributed by atoms with E-state index in [-0.39, 0.29) is 11.8 Å². The van der Waals surface area contributed by atoms with Crippen LogP contribution in [0, 0.1) is 13.8 Å². The molecule has 1 aliphatic rings. The van der Waals surface area contributed by atoms with Gasteiger partial charge in [-0.3, -0.25) is 14.9 Å². The largest absolute Gasteiger partial charge is 0.348 e. The van der Waals surface area contributed by atoms with Crippen molar-refractivity contribution in [2.45, 2.75) is 20.4 Å². The minimum Gasteiger partial charge on any atom is -0.348 e. The molecule has 0 saturated carbocycles. The van der Waals surface area contributed by atoms with Gasteiger partial charge in [0.1, 0.15) is 5.01 Å². The predicted octanol–water partition coefficient (Wildman–Crippen LogP) is 3.32. The second-order valence-electron chi connectivity index (χ2n) is 6.24. The summed E-state index contributed by atoms with van der Waals surface area (Å²) in [4.78, 5) is 24.2. The highest BCUT2D eigenvalue weighted by Crippen LogP contribution is 2.29. The highest BCUT2D eigenvalue weighted by molar-refractivity contribution is 7.18. The molecule has 0 spiro atoms. The van der Waals surface area contributed by atoms with Crippen LogP contribution in [0.25, 0.3) is 10.6 Å². The number of fused-ring (bicyclic) bond motifs is 1. The predicted molar refractivity (Wildman–Crippen MR) is 100 cm³/mol. The SMILES string of the molecule is Cc1ccc(-c2nnc(NC(=O)c3ccc4c(c3)C(=O)NC4)s2)c(C)c1. The van der Waals surface area contributed by atoms with E-state index in [9.17, 15) is 9.59 Å². The molecular formula is C19H16N4O2S. The summed E-state index contributed by atoms with van der Waals surface area (Å²) in [6.45, 7) is 4.57. The summed E-state index contributed by atoms with van der Waals surface area (Å²) in [5.41, 5.74) is 5.17. The number of anilines is 1. The second kappa shape index (κ2) is 6.34. The van der Waals surface area contributed by atoms with Gasteiger partial charge >= 0.3 is 0 Å². The molecule has 6 nitrogen and oxygen atoms in total. The molecule has 2 aromatic carbocycles. The zero-order valence-corrected chi connectivity index (χ0v) is 15.1. The topological polar surface area (TPSA) is 84.0 Å². The average molecular weight is 364 g/mol. The molecule has 3 aromatic rings. The molecule has 26 heavy (non-hydrogen) atoms. The number of carbonyl (C=O) groups excluding carboxylic acids is 2. The first-order valence-electron chi connectivity index (χ1n) is 8.15. The van der Waals surface area contributed by atoms with Gasteiger partial charge in [-0.25, -0.2) is 0 Å². The molecule has 2 N–H and O–H groups in total. The van der Waals surface area contributed by atoms with Gasteiger partial charge < -0.3 is 5.32 Å². The summed E-state index contributed by atoms with van der Waals surface area (Å²) in [6, 6.07) is 11.2. The van der Waals surface area contributed by atoms with Crippen molar-refractivity contribution in [3.05, 3.63) is 64.2 Å². The molecule has 0 saturated heterocycles. The van der Waals surface area contributed by atoms with Gasteiger partial charge in [0.25, 0.3) is 11.8 Å². The van der Waals surface area contributed by atoms with Crippen molar-refractivity contribution in [2.24, 2.45) is 0 Å². The summed E-state index contributed by atoms with van der Waals surface area (Å²) < 4.78 is 0. The van der Waals surface area contributed by atoms with Crippen molar-refractivity contribution in [2.75, 3.05) is 5.32 Å². The molecule has 4 rings (SSSR count). The average Bonchev–Trinajstić information content (AvgIpc) is 3.22. The summed E-state index contributed by atoms with van der Waals surface area (Å²) in [5, 5.41) is 14.9. The number of hydrogen-bond donors (Lipinski definition) is 2. The van der Waals surface area contributed by atoms with Gasteiger partial charge in [-0.1, -0.05) is 41.2 Å². The van der Waals surface area contributed by atoms with Gasteiger partial charge in [-0.2, -0.15) is 0 Å². The van der Waals surface area contributed by atoms with E-state index in [4.69, 9.17) is 0 Å². The van der Waals surface area contributed by atoms with Crippen molar-refractivity contribution >= 4 is 28.3 Å². The number of amides is 2. The van der Waals surface area contributed by atoms with Gasteiger partial charge in [-0.05, 0) is 37.1 Å². The molecule has 0 fully saturated rings. The number of aryl methyl sites for hydroxylation is 2. The van der Waals surface area contributed by atoms with Crippen molar-refractivity contribution < 1.29 is 9.59 Å². The monoisotopic (exact) mass is 364 g/mol. The van der Waals surface area contributed by atoms with Crippen LogP contribution in [0.5, 0.6) is 0 Å². The summed E-state index contributed by atoms with van der Waals surface area (Å²) in [7, 11) is 0. The van der Waals surface area contributed by atoms with Gasteiger partial charge in [0.15, 0.2) is 0 Å². The lowest BCUT2D eigenvalue weighted by molar-refractivity contribution is 0.0965. The zero-order chi connectivity index (χ0) is 18.3. The van der Waals surface area contributed by atoms with Gasteiger partial charge in [0, 0.05) is 23.2 Å². The number of benzene rings is 2. The molecule has 2 amide bonds. The molecule has 1 aromatic heterocycles. The van der Waals surface area contributed by atoms with E-state index in [0.717, 1.165) is 21.7 Å². The quantitative estimate of drug-likeness (QED) is 0.747. The van der Waals surface area contributed by atoms with Crippen LogP contribution in [0.3, 0.4) is 0 Å². The molecule has 0 bridgehead atoms. The molecule has 130 valence electrons. The summed E-state index contributed by atoms with van der Waals surface area (Å²) in [6.07, 6.45) is 0. The maximum absolute atomic E-state index is 12.5. The number of nitrogens with one attached hydrogen (secondary N) is 2. The van der Waals surface area contributed by atoms with E-state index >= 15 is 0 Å². The Morgan fingerprint density at radius 3 is 2.77 bits per heavy atom. The fourth-order valence-electron chi connectivity index (χ4n) is 2.96. The number of aromatic nitrogens is 2. The minimum absolute atomic E-state index is 0.150. The molecule has 0 radical (unpaired) electrons. The third-order valence-corrected chi connectivity index (χ3v) is 5.19. The second-order valence-corrected chi connectivity index (χ2v) is 7.22. The van der Waals surface area contributed by atoms with Gasteiger partial charge in [0.05, 0.1) is 0 Å². The first-order chi connectivity index (χ1) is 12.5. The van der Waals surface area contributed by atoms with Crippen molar-refractivity contribution in [3.63, 3.8) is 0 Å². The molecule has 0 unspecified atom stereocenters. The molecule has 0 aliphatic carbocycles. The van der Waals surface area contributed by atoms with Crippen LogP contribution >= 0.6 is 11.3 Å². The Labute approximate surface area is 154 Å². The molecule has 0 atom stereocenters. The summed E-state index contributed by atoms with van der Waals surface area (Å²) in [5.74, 6) is -0.460. The fraction of sp³-hybridized carbons (Fsp3) is 0.158. The third kappa shape index (κ3) is 2.97. The lowest BCUT2D eigenvalue weighted by Gasteiger charge is -2.03.